The number of ketones is 1. The van der Waals surface area contributed by atoms with Crippen LogP contribution in [-0.4, -0.2) is 27.1 Å². The highest BCUT2D eigenvalue weighted by Gasteiger charge is 2.12. The Bertz CT molecular complexity index is 871. The highest BCUT2D eigenvalue weighted by atomic mass is 16.1. The Kier molecular flexibility index (Phi) is 4.57. The largest absolute Gasteiger partial charge is 0.322 e. The molecule has 0 bridgehead atoms. The maximum absolute atomic E-state index is 12.2. The summed E-state index contributed by atoms with van der Waals surface area (Å²) < 4.78 is 0. The molecule has 1 heterocycles. The van der Waals surface area contributed by atoms with Crippen molar-refractivity contribution in [3.63, 3.8) is 0 Å². The molecule has 0 saturated heterocycles. The van der Waals surface area contributed by atoms with Gasteiger partial charge in [0.2, 0.25) is 11.7 Å². The van der Waals surface area contributed by atoms with Crippen LogP contribution in [-0.2, 0) is 4.79 Å². The van der Waals surface area contributed by atoms with Gasteiger partial charge in [-0.2, -0.15) is 15.4 Å². The quantitative estimate of drug-likeness (QED) is 0.559. The molecule has 6 nitrogen and oxygen atoms in total. The molecule has 1 aromatic heterocycles. The third-order valence-electron chi connectivity index (χ3n) is 3.27. The second-order valence-electron chi connectivity index (χ2n) is 5.00. The molecule has 0 radical (unpaired) electrons. The Morgan fingerprint density at radius 3 is 2.62 bits per heavy atom. The summed E-state index contributed by atoms with van der Waals surface area (Å²) in [5, 5.41) is 12.5. The van der Waals surface area contributed by atoms with Gasteiger partial charge in [0, 0.05) is 17.3 Å². The van der Waals surface area contributed by atoms with Crippen LogP contribution < -0.4 is 5.32 Å². The summed E-state index contributed by atoms with van der Waals surface area (Å²) in [5.74, 6) is -0.537. The van der Waals surface area contributed by atoms with Crippen molar-refractivity contribution >= 4 is 23.5 Å². The lowest BCUT2D eigenvalue weighted by Crippen LogP contribution is -2.09. The summed E-state index contributed by atoms with van der Waals surface area (Å²) >= 11 is 0. The second-order valence-corrected chi connectivity index (χ2v) is 5.00. The molecule has 6 heteroatoms. The van der Waals surface area contributed by atoms with Crippen LogP contribution in [0.3, 0.4) is 0 Å². The van der Waals surface area contributed by atoms with Crippen molar-refractivity contribution in [2.45, 2.75) is 0 Å². The molecular formula is C18H14N4O2. The van der Waals surface area contributed by atoms with E-state index in [0.29, 0.717) is 11.3 Å². The molecule has 2 aromatic carbocycles. The van der Waals surface area contributed by atoms with Gasteiger partial charge in [-0.25, -0.2) is 0 Å². The summed E-state index contributed by atoms with van der Waals surface area (Å²) in [5.41, 5.74) is 2.12. The molecule has 0 saturated carbocycles. The van der Waals surface area contributed by atoms with E-state index in [1.807, 2.05) is 30.3 Å². The number of aromatic nitrogens is 3. The fraction of sp³-hybridized carbons (Fsp3) is 0. The number of H-pyrrole nitrogens is 1. The van der Waals surface area contributed by atoms with Crippen LogP contribution in [0.15, 0.2) is 66.9 Å². The first-order chi connectivity index (χ1) is 11.7. The molecule has 3 aromatic rings. The predicted octanol–water partition coefficient (Wildman–Crippen LogP) is 2.69. The smallest absolute Gasteiger partial charge is 0.248 e. The van der Waals surface area contributed by atoms with E-state index < -0.39 is 0 Å². The normalized spacial score (nSPS) is 10.7. The molecule has 3 rings (SSSR count). The van der Waals surface area contributed by atoms with Crippen molar-refractivity contribution in [1.82, 2.24) is 15.4 Å². The Balaban J connectivity index is 1.69. The van der Waals surface area contributed by atoms with E-state index in [2.05, 4.69) is 20.7 Å². The van der Waals surface area contributed by atoms with Gasteiger partial charge in [-0.1, -0.05) is 42.5 Å². The van der Waals surface area contributed by atoms with Crippen molar-refractivity contribution in [3.05, 3.63) is 83.7 Å². The van der Waals surface area contributed by atoms with Gasteiger partial charge < -0.3 is 5.32 Å². The van der Waals surface area contributed by atoms with Crippen molar-refractivity contribution in [1.29, 1.82) is 0 Å². The summed E-state index contributed by atoms with van der Waals surface area (Å²) in [7, 11) is 0. The minimum absolute atomic E-state index is 0.224. The lowest BCUT2D eigenvalue weighted by Gasteiger charge is -2.04. The number of anilines is 1. The molecule has 0 fully saturated rings. The Hall–Kier alpha value is -3.54. The molecule has 0 unspecified atom stereocenters. The van der Waals surface area contributed by atoms with Crippen LogP contribution in [0.5, 0.6) is 0 Å². The maximum Gasteiger partial charge on any atom is 0.248 e. The van der Waals surface area contributed by atoms with Gasteiger partial charge >= 0.3 is 0 Å². The highest BCUT2D eigenvalue weighted by molar-refractivity contribution is 6.08. The molecule has 118 valence electrons. The van der Waals surface area contributed by atoms with E-state index in [4.69, 9.17) is 0 Å². The number of nitrogens with one attached hydrogen (secondary N) is 2. The third-order valence-corrected chi connectivity index (χ3v) is 3.27. The molecular weight excluding hydrogens is 304 g/mol. The van der Waals surface area contributed by atoms with Crippen LogP contribution in [0.2, 0.25) is 0 Å². The zero-order valence-corrected chi connectivity index (χ0v) is 12.6. The van der Waals surface area contributed by atoms with Gasteiger partial charge in [0.1, 0.15) is 0 Å². The minimum Gasteiger partial charge on any atom is -0.322 e. The van der Waals surface area contributed by atoms with Crippen LogP contribution in [0.1, 0.15) is 21.6 Å². The minimum atomic E-state index is -0.273. The van der Waals surface area contributed by atoms with Crippen LogP contribution >= 0.6 is 0 Å². The number of benzene rings is 2. The van der Waals surface area contributed by atoms with Crippen molar-refractivity contribution in [2.24, 2.45) is 0 Å². The van der Waals surface area contributed by atoms with Gasteiger partial charge in [-0.3, -0.25) is 9.59 Å². The first-order valence-corrected chi connectivity index (χ1v) is 7.27. The number of carbonyl (C=O) groups excluding carboxylic acids is 2. The standard InChI is InChI=1S/C18H14N4O2/c23-17(10-9-13-5-2-1-3-6-13)20-15-8-4-7-14(11-15)18(24)16-12-19-22-21-16/h1-12H,(H,20,23)(H,19,21,22). The zero-order valence-electron chi connectivity index (χ0n) is 12.6. The second kappa shape index (κ2) is 7.15. The molecule has 0 aliphatic carbocycles. The molecule has 0 atom stereocenters. The number of carbonyl (C=O) groups is 2. The predicted molar refractivity (Wildman–Crippen MR) is 90.4 cm³/mol. The highest BCUT2D eigenvalue weighted by Crippen LogP contribution is 2.14. The molecule has 0 aliphatic rings. The molecule has 2 N–H and O–H groups in total. The average Bonchev–Trinajstić information content (AvgIpc) is 3.15. The number of hydrogen-bond donors (Lipinski definition) is 2. The summed E-state index contributed by atoms with van der Waals surface area (Å²) in [4.78, 5) is 24.2. The average molecular weight is 318 g/mol. The van der Waals surface area contributed by atoms with Crippen LogP contribution in [0, 0.1) is 0 Å². The first-order valence-electron chi connectivity index (χ1n) is 7.27. The van der Waals surface area contributed by atoms with Gasteiger partial charge in [0.25, 0.3) is 0 Å². The zero-order chi connectivity index (χ0) is 16.8. The number of nitrogens with zero attached hydrogens (tertiary/aromatic N) is 2. The monoisotopic (exact) mass is 318 g/mol. The van der Waals surface area contributed by atoms with E-state index >= 15 is 0 Å². The summed E-state index contributed by atoms with van der Waals surface area (Å²) in [6.45, 7) is 0. The lowest BCUT2D eigenvalue weighted by molar-refractivity contribution is -0.111. The van der Waals surface area contributed by atoms with Gasteiger partial charge in [-0.05, 0) is 23.8 Å². The molecule has 0 aliphatic heterocycles. The number of hydrogen-bond acceptors (Lipinski definition) is 4. The summed E-state index contributed by atoms with van der Waals surface area (Å²) in [6, 6.07) is 16.2. The summed E-state index contributed by atoms with van der Waals surface area (Å²) in [6.07, 6.45) is 4.53. The van der Waals surface area contributed by atoms with Crippen LogP contribution in [0.4, 0.5) is 5.69 Å². The Morgan fingerprint density at radius 1 is 1.04 bits per heavy atom. The van der Waals surface area contributed by atoms with Gasteiger partial charge in [0.05, 0.1) is 6.20 Å². The Morgan fingerprint density at radius 2 is 1.88 bits per heavy atom. The number of rotatable bonds is 5. The van der Waals surface area contributed by atoms with E-state index in [9.17, 15) is 9.59 Å². The van der Waals surface area contributed by atoms with Crippen molar-refractivity contribution in [3.8, 4) is 0 Å². The number of amides is 1. The van der Waals surface area contributed by atoms with E-state index in [1.165, 1.54) is 12.3 Å². The van der Waals surface area contributed by atoms with E-state index in [-0.39, 0.29) is 17.4 Å². The molecule has 24 heavy (non-hydrogen) atoms. The maximum atomic E-state index is 12.2. The molecule has 0 spiro atoms. The lowest BCUT2D eigenvalue weighted by atomic mass is 10.1. The SMILES string of the molecule is O=C(C=Cc1ccccc1)Nc1cccc(C(=O)c2cn[nH]n2)c1. The van der Waals surface area contributed by atoms with E-state index in [0.717, 1.165) is 5.56 Å². The number of aromatic amines is 1. The molecule has 1 amide bonds. The fourth-order valence-electron chi connectivity index (χ4n) is 2.12. The first kappa shape index (κ1) is 15.4. The topological polar surface area (TPSA) is 87.7 Å². The van der Waals surface area contributed by atoms with Crippen molar-refractivity contribution in [2.75, 3.05) is 5.32 Å². The third kappa shape index (κ3) is 3.80. The fourth-order valence-corrected chi connectivity index (χ4v) is 2.12. The van der Waals surface area contributed by atoms with Crippen molar-refractivity contribution < 1.29 is 9.59 Å². The Labute approximate surface area is 138 Å². The van der Waals surface area contributed by atoms with Gasteiger partial charge in [0.15, 0.2) is 5.69 Å². The van der Waals surface area contributed by atoms with Gasteiger partial charge in [-0.15, -0.1) is 0 Å². The van der Waals surface area contributed by atoms with Crippen LogP contribution in [0.25, 0.3) is 6.08 Å². The van der Waals surface area contributed by atoms with E-state index in [1.54, 1.807) is 30.3 Å².